The van der Waals surface area contributed by atoms with Gasteiger partial charge < -0.3 is 10.5 Å². The second kappa shape index (κ2) is 7.55. The first-order chi connectivity index (χ1) is 14.3. The van der Waals surface area contributed by atoms with E-state index in [4.69, 9.17) is 10.5 Å². The van der Waals surface area contributed by atoms with E-state index in [0.717, 1.165) is 49.6 Å². The SMILES string of the molecule is NC1CC(N2CC3=C(C2)N(S(=O)(=O)C2CC2)CCC3)COC1c1cc(F)ccc1F. The van der Waals surface area contributed by atoms with Gasteiger partial charge in [0.2, 0.25) is 10.0 Å². The molecule has 3 heterocycles. The van der Waals surface area contributed by atoms with Crippen LogP contribution in [-0.2, 0) is 14.8 Å². The van der Waals surface area contributed by atoms with E-state index < -0.39 is 33.8 Å². The van der Waals surface area contributed by atoms with Crippen LogP contribution in [0.25, 0.3) is 0 Å². The Balaban J connectivity index is 1.28. The molecule has 4 aliphatic rings. The Morgan fingerprint density at radius 1 is 1.17 bits per heavy atom. The summed E-state index contributed by atoms with van der Waals surface area (Å²) in [4.78, 5) is 2.23. The molecular formula is C21H27F2N3O3S. The van der Waals surface area contributed by atoms with E-state index in [0.29, 0.717) is 32.7 Å². The molecule has 0 amide bonds. The molecular weight excluding hydrogens is 412 g/mol. The quantitative estimate of drug-likeness (QED) is 0.779. The number of hydrogen-bond acceptors (Lipinski definition) is 5. The first kappa shape index (κ1) is 20.4. The van der Waals surface area contributed by atoms with E-state index in [1.165, 1.54) is 5.57 Å². The van der Waals surface area contributed by atoms with E-state index in [9.17, 15) is 17.2 Å². The van der Waals surface area contributed by atoms with Crippen molar-refractivity contribution in [3.8, 4) is 0 Å². The highest BCUT2D eigenvalue weighted by molar-refractivity contribution is 7.90. The number of hydrogen-bond donors (Lipinski definition) is 1. The second-order valence-electron chi connectivity index (χ2n) is 8.85. The van der Waals surface area contributed by atoms with Crippen molar-refractivity contribution in [2.75, 3.05) is 26.2 Å². The van der Waals surface area contributed by atoms with Crippen molar-refractivity contribution in [3.63, 3.8) is 0 Å². The third-order valence-electron chi connectivity index (χ3n) is 6.73. The fourth-order valence-electron chi connectivity index (χ4n) is 4.98. The monoisotopic (exact) mass is 439 g/mol. The maximum absolute atomic E-state index is 14.2. The van der Waals surface area contributed by atoms with Crippen molar-refractivity contribution in [1.29, 1.82) is 0 Å². The molecule has 3 unspecified atom stereocenters. The third-order valence-corrected chi connectivity index (χ3v) is 9.06. The Morgan fingerprint density at radius 3 is 2.70 bits per heavy atom. The minimum Gasteiger partial charge on any atom is -0.370 e. The topological polar surface area (TPSA) is 75.9 Å². The van der Waals surface area contributed by atoms with Gasteiger partial charge in [0.05, 0.1) is 11.9 Å². The number of benzene rings is 1. The van der Waals surface area contributed by atoms with Gasteiger partial charge in [-0.3, -0.25) is 9.21 Å². The Hall–Kier alpha value is -1.55. The summed E-state index contributed by atoms with van der Waals surface area (Å²) >= 11 is 0. The molecule has 1 aromatic rings. The lowest BCUT2D eigenvalue weighted by Gasteiger charge is -2.39. The molecule has 1 saturated heterocycles. The highest BCUT2D eigenvalue weighted by atomic mass is 32.2. The van der Waals surface area contributed by atoms with E-state index in [-0.39, 0.29) is 16.9 Å². The van der Waals surface area contributed by atoms with Gasteiger partial charge in [0.15, 0.2) is 0 Å². The standard InChI is InChI=1S/C21H27F2N3O3S/c22-14-3-6-18(23)17(8-14)21-19(24)9-15(12-29-21)25-10-13-2-1-7-26(20(13)11-25)30(27,28)16-4-5-16/h3,6,8,15-16,19,21H,1-2,4-5,7,9-12,24H2. The van der Waals surface area contributed by atoms with Crippen molar-refractivity contribution in [1.82, 2.24) is 9.21 Å². The molecule has 0 aromatic heterocycles. The maximum Gasteiger partial charge on any atom is 0.237 e. The van der Waals surface area contributed by atoms with Crippen LogP contribution in [-0.4, -0.2) is 61.2 Å². The third kappa shape index (κ3) is 3.55. The molecule has 3 atom stereocenters. The summed E-state index contributed by atoms with van der Waals surface area (Å²) in [5, 5.41) is -0.216. The van der Waals surface area contributed by atoms with Gasteiger partial charge in [-0.2, -0.15) is 0 Å². The first-order valence-corrected chi connectivity index (χ1v) is 12.1. The molecule has 30 heavy (non-hydrogen) atoms. The predicted octanol–water partition coefficient (Wildman–Crippen LogP) is 2.28. The molecule has 1 saturated carbocycles. The fraction of sp³-hybridized carbons (Fsp3) is 0.619. The summed E-state index contributed by atoms with van der Waals surface area (Å²) < 4.78 is 61.0. The molecule has 1 aromatic carbocycles. The number of halogens is 2. The molecule has 164 valence electrons. The molecule has 3 aliphatic heterocycles. The fourth-order valence-corrected chi connectivity index (χ4v) is 6.95. The summed E-state index contributed by atoms with van der Waals surface area (Å²) in [5.74, 6) is -1.03. The normalized spacial score (nSPS) is 30.6. The lowest BCUT2D eigenvalue weighted by atomic mass is 9.93. The molecule has 5 rings (SSSR count). The summed E-state index contributed by atoms with van der Waals surface area (Å²) in [6, 6.07) is 2.88. The van der Waals surface area contributed by atoms with Gasteiger partial charge in [0.25, 0.3) is 0 Å². The van der Waals surface area contributed by atoms with E-state index >= 15 is 0 Å². The molecule has 2 N–H and O–H groups in total. The van der Waals surface area contributed by atoms with Gasteiger partial charge in [0, 0.05) is 43.0 Å². The molecule has 1 aliphatic carbocycles. The van der Waals surface area contributed by atoms with Crippen molar-refractivity contribution < 1.29 is 21.9 Å². The van der Waals surface area contributed by atoms with Gasteiger partial charge in [-0.1, -0.05) is 0 Å². The van der Waals surface area contributed by atoms with Crippen LogP contribution in [0.4, 0.5) is 8.78 Å². The van der Waals surface area contributed by atoms with Gasteiger partial charge in [-0.25, -0.2) is 17.2 Å². The van der Waals surface area contributed by atoms with Crippen LogP contribution in [0.2, 0.25) is 0 Å². The molecule has 6 nitrogen and oxygen atoms in total. The second-order valence-corrected chi connectivity index (χ2v) is 11.0. The lowest BCUT2D eigenvalue weighted by Crippen LogP contribution is -2.49. The Bertz CT molecular complexity index is 980. The summed E-state index contributed by atoms with van der Waals surface area (Å²) in [6.07, 6.45) is 3.17. The lowest BCUT2D eigenvalue weighted by molar-refractivity contribution is -0.0467. The number of ether oxygens (including phenoxy) is 1. The van der Waals surface area contributed by atoms with Crippen LogP contribution in [0.15, 0.2) is 29.5 Å². The number of nitrogens with zero attached hydrogens (tertiary/aromatic N) is 2. The molecule has 2 fully saturated rings. The van der Waals surface area contributed by atoms with Gasteiger partial charge >= 0.3 is 0 Å². The first-order valence-electron chi connectivity index (χ1n) is 10.6. The molecule has 0 radical (unpaired) electrons. The van der Waals surface area contributed by atoms with Crippen molar-refractivity contribution in [3.05, 3.63) is 46.7 Å². The Kier molecular flexibility index (Phi) is 5.12. The van der Waals surface area contributed by atoms with Crippen molar-refractivity contribution >= 4 is 10.0 Å². The highest BCUT2D eigenvalue weighted by Gasteiger charge is 2.45. The Labute approximate surface area is 175 Å². The molecule has 9 heteroatoms. The largest absolute Gasteiger partial charge is 0.370 e. The van der Waals surface area contributed by atoms with Crippen LogP contribution in [0, 0.1) is 11.6 Å². The van der Waals surface area contributed by atoms with E-state index in [1.807, 2.05) is 0 Å². The predicted molar refractivity (Wildman–Crippen MR) is 108 cm³/mol. The molecule has 0 bridgehead atoms. The number of sulfonamides is 1. The minimum atomic E-state index is -3.25. The average Bonchev–Trinajstić information content (AvgIpc) is 3.49. The number of nitrogens with two attached hydrogens (primary N) is 1. The highest BCUT2D eigenvalue weighted by Crippen LogP contribution is 2.39. The average molecular weight is 440 g/mol. The Morgan fingerprint density at radius 2 is 1.97 bits per heavy atom. The zero-order valence-electron chi connectivity index (χ0n) is 16.8. The van der Waals surface area contributed by atoms with Crippen LogP contribution in [0.5, 0.6) is 0 Å². The van der Waals surface area contributed by atoms with Gasteiger partial charge in [-0.05, 0) is 55.9 Å². The van der Waals surface area contributed by atoms with Crippen LogP contribution in [0.1, 0.15) is 43.8 Å². The van der Waals surface area contributed by atoms with Gasteiger partial charge in [-0.15, -0.1) is 0 Å². The van der Waals surface area contributed by atoms with E-state index in [2.05, 4.69) is 4.90 Å². The van der Waals surface area contributed by atoms with E-state index in [1.54, 1.807) is 4.31 Å². The van der Waals surface area contributed by atoms with Crippen LogP contribution in [0.3, 0.4) is 0 Å². The van der Waals surface area contributed by atoms with Crippen molar-refractivity contribution in [2.24, 2.45) is 5.73 Å². The van der Waals surface area contributed by atoms with Crippen LogP contribution >= 0.6 is 0 Å². The summed E-state index contributed by atoms with van der Waals surface area (Å²) in [7, 11) is -3.25. The number of rotatable bonds is 4. The molecule has 0 spiro atoms. The zero-order chi connectivity index (χ0) is 21.0. The smallest absolute Gasteiger partial charge is 0.237 e. The van der Waals surface area contributed by atoms with Crippen molar-refractivity contribution in [2.45, 2.75) is 55.5 Å². The maximum atomic E-state index is 14.2. The van der Waals surface area contributed by atoms with Gasteiger partial charge in [0.1, 0.15) is 17.7 Å². The van der Waals surface area contributed by atoms with Crippen LogP contribution < -0.4 is 5.73 Å². The summed E-state index contributed by atoms with van der Waals surface area (Å²) in [6.45, 7) is 2.20. The minimum absolute atomic E-state index is 0.0175. The summed E-state index contributed by atoms with van der Waals surface area (Å²) in [5.41, 5.74) is 8.60. The zero-order valence-corrected chi connectivity index (χ0v) is 17.6.